The van der Waals surface area contributed by atoms with Crippen LogP contribution in [0.5, 0.6) is 5.75 Å². The van der Waals surface area contributed by atoms with Crippen LogP contribution >= 0.6 is 0 Å². The van der Waals surface area contributed by atoms with Gasteiger partial charge in [0, 0.05) is 11.8 Å². The number of carbonyl (C=O) groups excluding carboxylic acids is 2. The van der Waals surface area contributed by atoms with E-state index in [1.165, 1.54) is 6.07 Å². The van der Waals surface area contributed by atoms with Gasteiger partial charge in [0.15, 0.2) is 11.6 Å². The van der Waals surface area contributed by atoms with Gasteiger partial charge in [0.1, 0.15) is 11.4 Å². The van der Waals surface area contributed by atoms with E-state index in [4.69, 9.17) is 4.74 Å². The molecule has 0 unspecified atom stereocenters. The Labute approximate surface area is 190 Å². The summed E-state index contributed by atoms with van der Waals surface area (Å²) in [5, 5.41) is 2.83. The number of amides is 2. The maximum Gasteiger partial charge on any atom is 0.282 e. The summed E-state index contributed by atoms with van der Waals surface area (Å²) in [6, 6.07) is 17.0. The number of nitrogens with zero attached hydrogens (tertiary/aromatic N) is 1. The number of nitrogens with one attached hydrogen (secondary N) is 1. The van der Waals surface area contributed by atoms with Crippen LogP contribution in [0.1, 0.15) is 25.0 Å². The first-order chi connectivity index (χ1) is 15.7. The molecule has 1 heterocycles. The summed E-state index contributed by atoms with van der Waals surface area (Å²) in [5.41, 5.74) is 2.04. The van der Waals surface area contributed by atoms with Crippen LogP contribution < -0.4 is 15.0 Å². The van der Waals surface area contributed by atoms with E-state index in [2.05, 4.69) is 5.32 Å². The summed E-state index contributed by atoms with van der Waals surface area (Å²) in [5.74, 6) is -2.56. The Morgan fingerprint density at radius 2 is 1.61 bits per heavy atom. The zero-order valence-electron chi connectivity index (χ0n) is 18.4. The van der Waals surface area contributed by atoms with Crippen LogP contribution in [-0.2, 0) is 9.59 Å². The smallest absolute Gasteiger partial charge is 0.282 e. The highest BCUT2D eigenvalue weighted by Crippen LogP contribution is 2.35. The molecule has 0 bridgehead atoms. The lowest BCUT2D eigenvalue weighted by atomic mass is 10.0. The zero-order chi connectivity index (χ0) is 23.7. The van der Waals surface area contributed by atoms with Crippen molar-refractivity contribution in [3.8, 4) is 5.75 Å². The van der Waals surface area contributed by atoms with Crippen molar-refractivity contribution in [3.63, 3.8) is 0 Å². The number of hydrogen-bond donors (Lipinski definition) is 1. The molecular weight excluding hydrogens is 426 g/mol. The summed E-state index contributed by atoms with van der Waals surface area (Å²) < 4.78 is 32.8. The van der Waals surface area contributed by atoms with E-state index in [-0.39, 0.29) is 23.1 Å². The number of rotatable bonds is 6. The van der Waals surface area contributed by atoms with Crippen molar-refractivity contribution in [2.45, 2.75) is 26.9 Å². The van der Waals surface area contributed by atoms with Gasteiger partial charge in [-0.2, -0.15) is 0 Å². The fourth-order valence-corrected chi connectivity index (χ4v) is 3.61. The number of aryl methyl sites for hydroxylation is 1. The zero-order valence-corrected chi connectivity index (χ0v) is 18.4. The molecule has 0 aromatic heterocycles. The van der Waals surface area contributed by atoms with Gasteiger partial charge in [-0.15, -0.1) is 0 Å². The van der Waals surface area contributed by atoms with Crippen molar-refractivity contribution in [2.24, 2.45) is 0 Å². The van der Waals surface area contributed by atoms with Crippen LogP contribution in [0, 0.1) is 18.6 Å². The maximum atomic E-state index is 13.8. The molecule has 0 saturated carbocycles. The van der Waals surface area contributed by atoms with Gasteiger partial charge in [-0.25, -0.2) is 13.7 Å². The van der Waals surface area contributed by atoms with Gasteiger partial charge >= 0.3 is 0 Å². The first kappa shape index (κ1) is 22.2. The van der Waals surface area contributed by atoms with Gasteiger partial charge in [-0.1, -0.05) is 24.3 Å². The molecule has 3 aromatic rings. The minimum absolute atomic E-state index is 0.0211. The van der Waals surface area contributed by atoms with Crippen molar-refractivity contribution in [1.29, 1.82) is 0 Å². The van der Waals surface area contributed by atoms with Crippen LogP contribution in [0.15, 0.2) is 72.4 Å². The number of benzene rings is 3. The largest absolute Gasteiger partial charge is 0.491 e. The summed E-state index contributed by atoms with van der Waals surface area (Å²) >= 11 is 0. The Morgan fingerprint density at radius 3 is 2.24 bits per heavy atom. The van der Waals surface area contributed by atoms with E-state index in [0.717, 1.165) is 22.6 Å². The van der Waals surface area contributed by atoms with Crippen molar-refractivity contribution >= 4 is 28.8 Å². The molecule has 5 nitrogen and oxygen atoms in total. The van der Waals surface area contributed by atoms with Crippen LogP contribution in [0.3, 0.4) is 0 Å². The minimum atomic E-state index is -1.07. The Kier molecular flexibility index (Phi) is 5.96. The Morgan fingerprint density at radius 1 is 0.879 bits per heavy atom. The lowest BCUT2D eigenvalue weighted by molar-refractivity contribution is -0.120. The predicted octanol–water partition coefficient (Wildman–Crippen LogP) is 5.46. The number of halogens is 2. The highest BCUT2D eigenvalue weighted by Gasteiger charge is 2.40. The highest BCUT2D eigenvalue weighted by molar-refractivity contribution is 6.46. The maximum absolute atomic E-state index is 13.8. The molecule has 0 aliphatic carbocycles. The number of carbonyl (C=O) groups is 2. The second-order valence-electron chi connectivity index (χ2n) is 7.98. The normalized spacial score (nSPS) is 13.8. The average Bonchev–Trinajstić information content (AvgIpc) is 3.00. The Hall–Kier alpha value is -4.00. The second-order valence-corrected chi connectivity index (χ2v) is 7.98. The Bertz CT molecular complexity index is 1270. The molecule has 4 rings (SSSR count). The standard InChI is InChI=1S/C26H22F2N2O3/c1-15(2)33-20-10-7-17(8-11-20)23-24(29-18-9-12-21(27)22(28)14-18)26(32)30(25(23)31)19-6-4-5-16(3)13-19/h4-15,29H,1-3H3. The van der Waals surface area contributed by atoms with E-state index in [1.807, 2.05) is 26.8 Å². The van der Waals surface area contributed by atoms with Crippen molar-refractivity contribution in [1.82, 2.24) is 0 Å². The topological polar surface area (TPSA) is 58.6 Å². The molecular formula is C26H22F2N2O3. The third-order valence-corrected chi connectivity index (χ3v) is 5.05. The van der Waals surface area contributed by atoms with E-state index in [0.29, 0.717) is 17.0 Å². The molecule has 0 saturated heterocycles. The predicted molar refractivity (Wildman–Crippen MR) is 123 cm³/mol. The van der Waals surface area contributed by atoms with Gasteiger partial charge in [0.2, 0.25) is 0 Å². The molecule has 0 fully saturated rings. The van der Waals surface area contributed by atoms with Gasteiger partial charge in [-0.3, -0.25) is 9.59 Å². The molecule has 0 radical (unpaired) electrons. The third kappa shape index (κ3) is 4.48. The molecule has 2 amide bonds. The van der Waals surface area contributed by atoms with Gasteiger partial charge in [0.05, 0.1) is 17.4 Å². The molecule has 0 spiro atoms. The summed E-state index contributed by atoms with van der Waals surface area (Å²) in [6.45, 7) is 5.66. The van der Waals surface area contributed by atoms with Crippen LogP contribution in [0.2, 0.25) is 0 Å². The van der Waals surface area contributed by atoms with Gasteiger partial charge in [0.25, 0.3) is 11.8 Å². The molecule has 0 atom stereocenters. The number of ether oxygens (including phenoxy) is 1. The quantitative estimate of drug-likeness (QED) is 0.509. The van der Waals surface area contributed by atoms with Crippen molar-refractivity contribution in [3.05, 3.63) is 95.2 Å². The van der Waals surface area contributed by atoms with Crippen molar-refractivity contribution in [2.75, 3.05) is 10.2 Å². The fraction of sp³-hybridized carbons (Fsp3) is 0.154. The van der Waals surface area contributed by atoms with Crippen LogP contribution in [0.4, 0.5) is 20.2 Å². The molecule has 168 valence electrons. The molecule has 7 heteroatoms. The minimum Gasteiger partial charge on any atom is -0.491 e. The third-order valence-electron chi connectivity index (χ3n) is 5.05. The summed E-state index contributed by atoms with van der Waals surface area (Å²) in [6.07, 6.45) is -0.0211. The van der Waals surface area contributed by atoms with Crippen molar-refractivity contribution < 1.29 is 23.1 Å². The average molecular weight is 448 g/mol. The van der Waals surface area contributed by atoms with Gasteiger partial charge in [-0.05, 0) is 68.3 Å². The van der Waals surface area contributed by atoms with E-state index >= 15 is 0 Å². The molecule has 1 aliphatic rings. The number of hydrogen-bond acceptors (Lipinski definition) is 4. The second kappa shape index (κ2) is 8.86. The van der Waals surface area contributed by atoms with E-state index in [9.17, 15) is 18.4 Å². The lowest BCUT2D eigenvalue weighted by Crippen LogP contribution is -2.32. The lowest BCUT2D eigenvalue weighted by Gasteiger charge is -2.16. The van der Waals surface area contributed by atoms with E-state index in [1.54, 1.807) is 42.5 Å². The highest BCUT2D eigenvalue weighted by atomic mass is 19.2. The van der Waals surface area contributed by atoms with Crippen LogP contribution in [-0.4, -0.2) is 17.9 Å². The fourth-order valence-electron chi connectivity index (χ4n) is 3.61. The van der Waals surface area contributed by atoms with Crippen LogP contribution in [0.25, 0.3) is 5.57 Å². The van der Waals surface area contributed by atoms with Gasteiger partial charge < -0.3 is 10.1 Å². The molecule has 1 N–H and O–H groups in total. The molecule has 33 heavy (non-hydrogen) atoms. The summed E-state index contributed by atoms with van der Waals surface area (Å²) in [7, 11) is 0. The Balaban J connectivity index is 1.79. The first-order valence-electron chi connectivity index (χ1n) is 10.4. The SMILES string of the molecule is Cc1cccc(N2C(=O)C(Nc3ccc(F)c(F)c3)=C(c3ccc(OC(C)C)cc3)C2=O)c1. The summed E-state index contributed by atoms with van der Waals surface area (Å²) in [4.78, 5) is 27.9. The number of anilines is 2. The molecule has 1 aliphatic heterocycles. The monoisotopic (exact) mass is 448 g/mol. The first-order valence-corrected chi connectivity index (χ1v) is 10.4. The number of imide groups is 1. The molecule has 3 aromatic carbocycles. The van der Waals surface area contributed by atoms with E-state index < -0.39 is 23.4 Å².